The summed E-state index contributed by atoms with van der Waals surface area (Å²) in [6, 6.07) is 7.89. The molecule has 112 valence electrons. The smallest absolute Gasteiger partial charge is 0.267 e. The maximum absolute atomic E-state index is 12.7. The fourth-order valence-electron chi connectivity index (χ4n) is 1.83. The number of hydrogen-bond donors (Lipinski definition) is 1. The van der Waals surface area contributed by atoms with Gasteiger partial charge in [0.2, 0.25) is 0 Å². The van der Waals surface area contributed by atoms with Gasteiger partial charge in [0.05, 0.1) is 18.5 Å². The number of nitrogens with two attached hydrogens (primary N) is 1. The monoisotopic (exact) mass is 307 g/mol. The maximum atomic E-state index is 12.7. The number of nitrogens with zero attached hydrogens (tertiary/aromatic N) is 2. The van der Waals surface area contributed by atoms with E-state index in [2.05, 4.69) is 4.98 Å². The van der Waals surface area contributed by atoms with Gasteiger partial charge in [-0.05, 0) is 37.3 Å². The minimum atomic E-state index is -3.78. The first-order valence-electron chi connectivity index (χ1n) is 6.38. The molecule has 6 nitrogen and oxygen atoms in total. The molecule has 21 heavy (non-hydrogen) atoms. The summed E-state index contributed by atoms with van der Waals surface area (Å²) < 4.78 is 32.0. The summed E-state index contributed by atoms with van der Waals surface area (Å²) in [5, 5.41) is 0. The number of rotatable bonds is 5. The second-order valence-corrected chi connectivity index (χ2v) is 6.26. The SMILES string of the molecule is CCOc1ccc(N)cc1S(=O)(=O)N(C)c1cccnc1. The van der Waals surface area contributed by atoms with Gasteiger partial charge in [0.15, 0.2) is 0 Å². The number of aromatic nitrogens is 1. The van der Waals surface area contributed by atoms with Crippen LogP contribution in [-0.4, -0.2) is 27.1 Å². The summed E-state index contributed by atoms with van der Waals surface area (Å²) in [6.45, 7) is 2.15. The van der Waals surface area contributed by atoms with Crippen LogP contribution in [0.5, 0.6) is 5.75 Å². The predicted octanol–water partition coefficient (Wildman–Crippen LogP) is 1.89. The van der Waals surface area contributed by atoms with Gasteiger partial charge in [0, 0.05) is 18.9 Å². The number of pyridine rings is 1. The molecule has 0 bridgehead atoms. The van der Waals surface area contributed by atoms with Crippen molar-refractivity contribution in [2.24, 2.45) is 0 Å². The fourth-order valence-corrected chi connectivity index (χ4v) is 3.17. The summed E-state index contributed by atoms with van der Waals surface area (Å²) in [6.07, 6.45) is 3.06. The molecule has 0 amide bonds. The lowest BCUT2D eigenvalue weighted by atomic mass is 10.3. The number of sulfonamides is 1. The second kappa shape index (κ2) is 6.01. The molecule has 0 radical (unpaired) electrons. The van der Waals surface area contributed by atoms with Crippen LogP contribution in [-0.2, 0) is 10.0 Å². The number of benzene rings is 1. The minimum absolute atomic E-state index is 0.0377. The number of anilines is 2. The Morgan fingerprint density at radius 3 is 2.71 bits per heavy atom. The van der Waals surface area contributed by atoms with Crippen molar-refractivity contribution in [2.45, 2.75) is 11.8 Å². The highest BCUT2D eigenvalue weighted by molar-refractivity contribution is 7.93. The Morgan fingerprint density at radius 1 is 1.33 bits per heavy atom. The zero-order valence-electron chi connectivity index (χ0n) is 11.9. The molecule has 2 rings (SSSR count). The van der Waals surface area contributed by atoms with E-state index in [1.807, 2.05) is 0 Å². The third-order valence-electron chi connectivity index (χ3n) is 2.92. The average molecular weight is 307 g/mol. The van der Waals surface area contributed by atoms with Gasteiger partial charge in [-0.15, -0.1) is 0 Å². The Hall–Kier alpha value is -2.28. The molecule has 0 fully saturated rings. The number of hydrogen-bond acceptors (Lipinski definition) is 5. The van der Waals surface area contributed by atoms with Crippen LogP contribution in [0.25, 0.3) is 0 Å². The average Bonchev–Trinajstić information content (AvgIpc) is 2.49. The molecule has 0 saturated heterocycles. The summed E-state index contributed by atoms with van der Waals surface area (Å²) in [4.78, 5) is 3.96. The molecular formula is C14H17N3O3S. The zero-order chi connectivity index (χ0) is 15.5. The lowest BCUT2D eigenvalue weighted by molar-refractivity contribution is 0.331. The van der Waals surface area contributed by atoms with Crippen LogP contribution in [0.2, 0.25) is 0 Å². The Morgan fingerprint density at radius 2 is 2.10 bits per heavy atom. The first-order chi connectivity index (χ1) is 9.96. The quantitative estimate of drug-likeness (QED) is 0.853. The minimum Gasteiger partial charge on any atom is -0.492 e. The Balaban J connectivity index is 2.51. The zero-order valence-corrected chi connectivity index (χ0v) is 12.7. The lowest BCUT2D eigenvalue weighted by Crippen LogP contribution is -2.27. The van der Waals surface area contributed by atoms with Gasteiger partial charge in [-0.2, -0.15) is 0 Å². The van der Waals surface area contributed by atoms with E-state index in [-0.39, 0.29) is 10.6 Å². The Bertz CT molecular complexity index is 717. The van der Waals surface area contributed by atoms with Crippen LogP contribution >= 0.6 is 0 Å². The van der Waals surface area contributed by atoms with E-state index in [0.717, 1.165) is 4.31 Å². The highest BCUT2D eigenvalue weighted by atomic mass is 32.2. The molecule has 7 heteroatoms. The molecule has 1 heterocycles. The summed E-state index contributed by atoms with van der Waals surface area (Å²) in [7, 11) is -2.32. The van der Waals surface area contributed by atoms with Crippen LogP contribution in [0.3, 0.4) is 0 Å². The first kappa shape index (κ1) is 15.1. The first-order valence-corrected chi connectivity index (χ1v) is 7.82. The highest BCUT2D eigenvalue weighted by Gasteiger charge is 2.25. The van der Waals surface area contributed by atoms with E-state index in [1.165, 1.54) is 19.3 Å². The normalized spacial score (nSPS) is 11.1. The van der Waals surface area contributed by atoms with Crippen LogP contribution in [0.15, 0.2) is 47.6 Å². The van der Waals surface area contributed by atoms with Gasteiger partial charge in [-0.25, -0.2) is 8.42 Å². The van der Waals surface area contributed by atoms with Crippen molar-refractivity contribution in [1.82, 2.24) is 4.98 Å². The van der Waals surface area contributed by atoms with E-state index in [1.54, 1.807) is 37.4 Å². The van der Waals surface area contributed by atoms with Crippen molar-refractivity contribution in [3.63, 3.8) is 0 Å². The molecule has 2 N–H and O–H groups in total. The Kier molecular flexibility index (Phi) is 4.32. The van der Waals surface area contributed by atoms with Gasteiger partial charge >= 0.3 is 0 Å². The van der Waals surface area contributed by atoms with Crippen molar-refractivity contribution in [3.8, 4) is 5.75 Å². The van der Waals surface area contributed by atoms with Gasteiger partial charge in [0.25, 0.3) is 10.0 Å². The molecular weight excluding hydrogens is 290 g/mol. The van der Waals surface area contributed by atoms with E-state index in [4.69, 9.17) is 10.5 Å². The van der Waals surface area contributed by atoms with Crippen molar-refractivity contribution < 1.29 is 13.2 Å². The molecule has 0 atom stereocenters. The third kappa shape index (κ3) is 3.08. The van der Waals surface area contributed by atoms with Crippen molar-refractivity contribution in [3.05, 3.63) is 42.7 Å². The lowest BCUT2D eigenvalue weighted by Gasteiger charge is -2.21. The van der Waals surface area contributed by atoms with Gasteiger partial charge in [-0.3, -0.25) is 9.29 Å². The summed E-state index contributed by atoms with van der Waals surface area (Å²) in [5.41, 5.74) is 6.53. The van der Waals surface area contributed by atoms with E-state index < -0.39 is 10.0 Å². The molecule has 1 aromatic heterocycles. The standard InChI is InChI=1S/C14H17N3O3S/c1-3-20-13-7-6-11(15)9-14(13)21(18,19)17(2)12-5-4-8-16-10-12/h4-10H,3,15H2,1-2H3. The summed E-state index contributed by atoms with van der Waals surface area (Å²) >= 11 is 0. The van der Waals surface area contributed by atoms with Crippen molar-refractivity contribution in [1.29, 1.82) is 0 Å². The van der Waals surface area contributed by atoms with Gasteiger partial charge in [0.1, 0.15) is 10.6 Å². The molecule has 0 saturated carbocycles. The van der Waals surface area contributed by atoms with E-state index >= 15 is 0 Å². The predicted molar refractivity (Wildman–Crippen MR) is 81.8 cm³/mol. The molecule has 2 aromatic rings. The van der Waals surface area contributed by atoms with Crippen LogP contribution in [0, 0.1) is 0 Å². The van der Waals surface area contributed by atoms with E-state index in [9.17, 15) is 8.42 Å². The second-order valence-electron chi connectivity index (χ2n) is 4.32. The Labute approximate surface area is 124 Å². The van der Waals surface area contributed by atoms with Crippen LogP contribution < -0.4 is 14.8 Å². The largest absolute Gasteiger partial charge is 0.492 e. The van der Waals surface area contributed by atoms with Crippen LogP contribution in [0.1, 0.15) is 6.92 Å². The molecule has 0 aliphatic carbocycles. The van der Waals surface area contributed by atoms with E-state index in [0.29, 0.717) is 18.0 Å². The molecule has 1 aromatic carbocycles. The molecule has 0 aliphatic rings. The highest BCUT2D eigenvalue weighted by Crippen LogP contribution is 2.30. The maximum Gasteiger partial charge on any atom is 0.267 e. The topological polar surface area (TPSA) is 85.5 Å². The molecule has 0 spiro atoms. The van der Waals surface area contributed by atoms with Crippen LogP contribution in [0.4, 0.5) is 11.4 Å². The fraction of sp³-hybridized carbons (Fsp3) is 0.214. The van der Waals surface area contributed by atoms with Crippen molar-refractivity contribution >= 4 is 21.4 Å². The van der Waals surface area contributed by atoms with Gasteiger partial charge < -0.3 is 10.5 Å². The molecule has 0 aliphatic heterocycles. The summed E-state index contributed by atoms with van der Waals surface area (Å²) in [5.74, 6) is 0.280. The third-order valence-corrected chi connectivity index (χ3v) is 4.72. The van der Waals surface area contributed by atoms with Crippen molar-refractivity contribution in [2.75, 3.05) is 23.7 Å². The van der Waals surface area contributed by atoms with Gasteiger partial charge in [-0.1, -0.05) is 0 Å². The molecule has 0 unspecified atom stereocenters. The number of nitrogen functional groups attached to an aromatic ring is 1. The number of ether oxygens (including phenoxy) is 1.